The van der Waals surface area contributed by atoms with Gasteiger partial charge in [-0.15, -0.1) is 0 Å². The average Bonchev–Trinajstić information content (AvgIpc) is 2.97. The van der Waals surface area contributed by atoms with E-state index >= 15 is 0 Å². The minimum absolute atomic E-state index is 0.107. The SMILES string of the molecule is C[C@@H](O)C[C@H]1COCCN1C(=O)NCCc1c[nH]c2cc(F)ccc12. The van der Waals surface area contributed by atoms with E-state index in [9.17, 15) is 14.3 Å². The van der Waals surface area contributed by atoms with Crippen LogP contribution in [0.15, 0.2) is 24.4 Å². The monoisotopic (exact) mass is 349 g/mol. The molecule has 7 heteroatoms. The molecule has 1 aromatic carbocycles. The van der Waals surface area contributed by atoms with Crippen LogP contribution in [0.3, 0.4) is 0 Å². The average molecular weight is 349 g/mol. The van der Waals surface area contributed by atoms with Gasteiger partial charge in [0.15, 0.2) is 0 Å². The molecule has 1 saturated heterocycles. The van der Waals surface area contributed by atoms with Crippen LogP contribution in [0.2, 0.25) is 0 Å². The minimum Gasteiger partial charge on any atom is -0.393 e. The maximum Gasteiger partial charge on any atom is 0.317 e. The van der Waals surface area contributed by atoms with Gasteiger partial charge in [-0.05, 0) is 43.5 Å². The summed E-state index contributed by atoms with van der Waals surface area (Å²) in [7, 11) is 0. The molecule has 0 spiro atoms. The molecule has 1 aliphatic heterocycles. The van der Waals surface area contributed by atoms with Crippen molar-refractivity contribution in [2.45, 2.75) is 31.9 Å². The number of aliphatic hydroxyl groups is 1. The lowest BCUT2D eigenvalue weighted by molar-refractivity contribution is -0.00425. The molecule has 6 nitrogen and oxygen atoms in total. The van der Waals surface area contributed by atoms with Crippen molar-refractivity contribution in [2.75, 3.05) is 26.3 Å². The first-order chi connectivity index (χ1) is 12.0. The maximum atomic E-state index is 13.2. The standard InChI is InChI=1S/C18H24FN3O3/c1-12(23)8-15-11-25-7-6-22(15)18(24)20-5-4-13-10-21-17-9-14(19)2-3-16(13)17/h2-3,9-10,12,15,21,23H,4-8,11H2,1H3,(H,20,24)/t12-,15+/m1/s1. The normalized spacial score (nSPS) is 19.2. The number of nitrogens with zero attached hydrogens (tertiary/aromatic N) is 1. The number of H-pyrrole nitrogens is 1. The lowest BCUT2D eigenvalue weighted by Gasteiger charge is -2.36. The van der Waals surface area contributed by atoms with Crippen LogP contribution in [0.25, 0.3) is 10.9 Å². The summed E-state index contributed by atoms with van der Waals surface area (Å²) in [4.78, 5) is 17.2. The fourth-order valence-corrected chi connectivity index (χ4v) is 3.28. The van der Waals surface area contributed by atoms with E-state index in [-0.39, 0.29) is 17.9 Å². The van der Waals surface area contributed by atoms with Crippen LogP contribution in [-0.4, -0.2) is 59.5 Å². The summed E-state index contributed by atoms with van der Waals surface area (Å²) in [5.74, 6) is -0.273. The van der Waals surface area contributed by atoms with Gasteiger partial charge in [0, 0.05) is 30.2 Å². The summed E-state index contributed by atoms with van der Waals surface area (Å²) < 4.78 is 18.6. The fraction of sp³-hybridized carbons (Fsp3) is 0.500. The van der Waals surface area contributed by atoms with Gasteiger partial charge in [0.1, 0.15) is 5.82 Å². The third-order valence-electron chi connectivity index (χ3n) is 4.50. The van der Waals surface area contributed by atoms with Gasteiger partial charge in [0.2, 0.25) is 0 Å². The second kappa shape index (κ2) is 7.84. The summed E-state index contributed by atoms with van der Waals surface area (Å²) in [6.45, 7) is 3.69. The number of carbonyl (C=O) groups is 1. The Hall–Kier alpha value is -2.12. The Morgan fingerprint density at radius 1 is 1.56 bits per heavy atom. The molecular weight excluding hydrogens is 325 g/mol. The number of morpholine rings is 1. The predicted octanol–water partition coefficient (Wildman–Crippen LogP) is 2.03. The zero-order chi connectivity index (χ0) is 17.8. The zero-order valence-electron chi connectivity index (χ0n) is 14.3. The lowest BCUT2D eigenvalue weighted by Crippen LogP contribution is -2.53. The summed E-state index contributed by atoms with van der Waals surface area (Å²) in [6, 6.07) is 4.40. The molecule has 1 aliphatic rings. The Bertz CT molecular complexity index is 731. The molecule has 0 saturated carbocycles. The number of amides is 2. The van der Waals surface area contributed by atoms with E-state index in [1.807, 2.05) is 6.20 Å². The molecule has 0 aliphatic carbocycles. The van der Waals surface area contributed by atoms with Gasteiger partial charge in [-0.2, -0.15) is 0 Å². The summed E-state index contributed by atoms with van der Waals surface area (Å²) >= 11 is 0. The highest BCUT2D eigenvalue weighted by atomic mass is 19.1. The van der Waals surface area contributed by atoms with E-state index in [0.717, 1.165) is 16.5 Å². The Morgan fingerprint density at radius 3 is 3.20 bits per heavy atom. The second-order valence-corrected chi connectivity index (χ2v) is 6.49. The number of rotatable bonds is 5. The molecule has 2 atom stereocenters. The van der Waals surface area contributed by atoms with Crippen LogP contribution in [0.5, 0.6) is 0 Å². The highest BCUT2D eigenvalue weighted by molar-refractivity contribution is 5.83. The Kier molecular flexibility index (Phi) is 5.55. The minimum atomic E-state index is -0.478. The molecule has 1 aromatic heterocycles. The van der Waals surface area contributed by atoms with Gasteiger partial charge in [0.05, 0.1) is 25.4 Å². The highest BCUT2D eigenvalue weighted by Gasteiger charge is 2.28. The number of aliphatic hydroxyl groups excluding tert-OH is 1. The highest BCUT2D eigenvalue weighted by Crippen LogP contribution is 2.19. The molecule has 0 unspecified atom stereocenters. The second-order valence-electron chi connectivity index (χ2n) is 6.49. The van der Waals surface area contributed by atoms with Gasteiger partial charge in [0.25, 0.3) is 0 Å². The maximum absolute atomic E-state index is 13.2. The molecule has 25 heavy (non-hydrogen) atoms. The van der Waals surface area contributed by atoms with Crippen molar-refractivity contribution >= 4 is 16.9 Å². The third kappa shape index (κ3) is 4.29. The first kappa shape index (κ1) is 17.7. The first-order valence-corrected chi connectivity index (χ1v) is 8.60. The third-order valence-corrected chi connectivity index (χ3v) is 4.50. The van der Waals surface area contributed by atoms with Crippen LogP contribution in [-0.2, 0) is 11.2 Å². The molecule has 0 bridgehead atoms. The topological polar surface area (TPSA) is 77.6 Å². The van der Waals surface area contributed by atoms with Crippen LogP contribution < -0.4 is 5.32 Å². The Balaban J connectivity index is 1.56. The van der Waals surface area contributed by atoms with E-state index in [2.05, 4.69) is 10.3 Å². The van der Waals surface area contributed by atoms with Gasteiger partial charge in [-0.1, -0.05) is 0 Å². The lowest BCUT2D eigenvalue weighted by atomic mass is 10.1. The molecule has 2 aromatic rings. The number of carbonyl (C=O) groups excluding carboxylic acids is 1. The molecule has 0 radical (unpaired) electrons. The van der Waals surface area contributed by atoms with E-state index in [1.54, 1.807) is 17.9 Å². The van der Waals surface area contributed by atoms with Crippen LogP contribution >= 0.6 is 0 Å². The predicted molar refractivity (Wildman–Crippen MR) is 93.0 cm³/mol. The van der Waals surface area contributed by atoms with Crippen molar-refractivity contribution in [2.24, 2.45) is 0 Å². The summed E-state index contributed by atoms with van der Waals surface area (Å²) in [5, 5.41) is 13.5. The molecular formula is C18H24FN3O3. The van der Waals surface area contributed by atoms with E-state index in [0.29, 0.717) is 39.1 Å². The number of benzene rings is 1. The number of hydrogen-bond donors (Lipinski definition) is 3. The zero-order valence-corrected chi connectivity index (χ0v) is 14.3. The molecule has 2 heterocycles. The number of ether oxygens (including phenoxy) is 1. The molecule has 3 rings (SSSR count). The van der Waals surface area contributed by atoms with E-state index in [1.165, 1.54) is 12.1 Å². The van der Waals surface area contributed by atoms with Crippen LogP contribution in [0.4, 0.5) is 9.18 Å². The molecule has 1 fully saturated rings. The molecule has 136 valence electrons. The number of nitrogens with one attached hydrogen (secondary N) is 2. The molecule has 3 N–H and O–H groups in total. The Morgan fingerprint density at radius 2 is 2.40 bits per heavy atom. The number of aromatic nitrogens is 1. The van der Waals surface area contributed by atoms with Gasteiger partial charge in [-0.25, -0.2) is 9.18 Å². The number of hydrogen-bond acceptors (Lipinski definition) is 3. The van der Waals surface area contributed by atoms with Crippen molar-refractivity contribution in [1.82, 2.24) is 15.2 Å². The number of aromatic amines is 1. The number of halogens is 1. The van der Waals surface area contributed by atoms with E-state index in [4.69, 9.17) is 4.74 Å². The van der Waals surface area contributed by atoms with Crippen molar-refractivity contribution in [3.8, 4) is 0 Å². The van der Waals surface area contributed by atoms with Gasteiger partial charge in [-0.3, -0.25) is 0 Å². The van der Waals surface area contributed by atoms with Gasteiger partial charge < -0.3 is 25.0 Å². The van der Waals surface area contributed by atoms with Crippen molar-refractivity contribution in [1.29, 1.82) is 0 Å². The van der Waals surface area contributed by atoms with Crippen LogP contribution in [0, 0.1) is 5.82 Å². The van der Waals surface area contributed by atoms with Crippen molar-refractivity contribution in [3.05, 3.63) is 35.8 Å². The van der Waals surface area contributed by atoms with Gasteiger partial charge >= 0.3 is 6.03 Å². The number of fused-ring (bicyclic) bond motifs is 1. The smallest absolute Gasteiger partial charge is 0.317 e. The summed E-state index contributed by atoms with van der Waals surface area (Å²) in [6.07, 6.45) is 2.53. The summed E-state index contributed by atoms with van der Waals surface area (Å²) in [5.41, 5.74) is 1.80. The van der Waals surface area contributed by atoms with Crippen molar-refractivity contribution in [3.63, 3.8) is 0 Å². The van der Waals surface area contributed by atoms with E-state index < -0.39 is 6.10 Å². The Labute approximate surface area is 146 Å². The fourth-order valence-electron chi connectivity index (χ4n) is 3.28. The van der Waals surface area contributed by atoms with Crippen molar-refractivity contribution < 1.29 is 19.0 Å². The van der Waals surface area contributed by atoms with Crippen LogP contribution in [0.1, 0.15) is 18.9 Å². The first-order valence-electron chi connectivity index (χ1n) is 8.60. The molecule has 2 amide bonds. The largest absolute Gasteiger partial charge is 0.393 e. The quantitative estimate of drug-likeness (QED) is 0.773. The number of urea groups is 1.